The highest BCUT2D eigenvalue weighted by Gasteiger charge is 2.05. The number of carbonyl (C=O) groups is 1. The summed E-state index contributed by atoms with van der Waals surface area (Å²) in [6.07, 6.45) is 1.12. The minimum atomic E-state index is -0.189. The van der Waals surface area contributed by atoms with Gasteiger partial charge in [-0.3, -0.25) is 4.79 Å². The van der Waals surface area contributed by atoms with Crippen molar-refractivity contribution in [1.29, 1.82) is 0 Å². The molecule has 3 nitrogen and oxygen atoms in total. The highest BCUT2D eigenvalue weighted by atomic mass is 32.2. The summed E-state index contributed by atoms with van der Waals surface area (Å²) in [5, 5.41) is 3.36. The summed E-state index contributed by atoms with van der Waals surface area (Å²) < 4.78 is 4.63. The van der Waals surface area contributed by atoms with Crippen molar-refractivity contribution in [2.24, 2.45) is 0 Å². The smallest absolute Gasteiger partial charge is 0.315 e. The molecular weight excluding hydrogens is 234 g/mol. The quantitative estimate of drug-likeness (QED) is 0.460. The molecule has 17 heavy (non-hydrogen) atoms. The number of esters is 1. The fourth-order valence-corrected chi connectivity index (χ4v) is 2.28. The summed E-state index contributed by atoms with van der Waals surface area (Å²) in [7, 11) is 1.41. The number of hydrogen-bond acceptors (Lipinski definition) is 4. The number of thioether (sulfide) groups is 1. The number of hydrogen-bond donors (Lipinski definition) is 1. The molecule has 1 aromatic carbocycles. The van der Waals surface area contributed by atoms with E-state index in [1.807, 2.05) is 18.2 Å². The second-order valence-electron chi connectivity index (χ2n) is 3.65. The van der Waals surface area contributed by atoms with Crippen molar-refractivity contribution in [1.82, 2.24) is 5.32 Å². The van der Waals surface area contributed by atoms with Crippen molar-refractivity contribution in [3.05, 3.63) is 29.8 Å². The van der Waals surface area contributed by atoms with Crippen LogP contribution in [0.2, 0.25) is 0 Å². The van der Waals surface area contributed by atoms with E-state index in [2.05, 4.69) is 23.0 Å². The molecule has 1 rings (SSSR count). The lowest BCUT2D eigenvalue weighted by atomic mass is 10.2. The second kappa shape index (κ2) is 8.14. The zero-order valence-corrected chi connectivity index (χ0v) is 11.2. The lowest BCUT2D eigenvalue weighted by Gasteiger charge is -2.09. The van der Waals surface area contributed by atoms with Crippen molar-refractivity contribution in [3.8, 4) is 0 Å². The number of methoxy groups -OCH3 is 1. The third-order valence-electron chi connectivity index (χ3n) is 2.29. The van der Waals surface area contributed by atoms with Crippen molar-refractivity contribution in [2.75, 3.05) is 19.4 Å². The molecule has 0 fully saturated rings. The maximum Gasteiger partial charge on any atom is 0.315 e. The molecule has 0 saturated carbocycles. The summed E-state index contributed by atoms with van der Waals surface area (Å²) in [5.74, 6) is 0.174. The van der Waals surface area contributed by atoms with E-state index in [-0.39, 0.29) is 5.97 Å². The Labute approximate surface area is 107 Å². The van der Waals surface area contributed by atoms with Crippen LogP contribution in [-0.2, 0) is 16.1 Å². The van der Waals surface area contributed by atoms with Gasteiger partial charge in [0.25, 0.3) is 0 Å². The Kier molecular flexibility index (Phi) is 6.74. The summed E-state index contributed by atoms with van der Waals surface area (Å²) >= 11 is 1.52. The Morgan fingerprint density at radius 1 is 1.41 bits per heavy atom. The average Bonchev–Trinajstić information content (AvgIpc) is 2.37. The van der Waals surface area contributed by atoms with Gasteiger partial charge in [0.15, 0.2) is 0 Å². The molecule has 0 bridgehead atoms. The van der Waals surface area contributed by atoms with E-state index in [1.54, 1.807) is 0 Å². The Balaban J connectivity index is 2.54. The van der Waals surface area contributed by atoms with Crippen LogP contribution in [0.4, 0.5) is 0 Å². The fraction of sp³-hybridized carbons (Fsp3) is 0.462. The molecule has 0 unspecified atom stereocenters. The molecule has 0 amide bonds. The van der Waals surface area contributed by atoms with Crippen molar-refractivity contribution >= 4 is 17.7 Å². The highest BCUT2D eigenvalue weighted by molar-refractivity contribution is 8.00. The predicted octanol–water partition coefficient (Wildman–Crippen LogP) is 2.45. The molecule has 0 aliphatic carbocycles. The van der Waals surface area contributed by atoms with Gasteiger partial charge in [0.2, 0.25) is 0 Å². The van der Waals surface area contributed by atoms with E-state index in [4.69, 9.17) is 0 Å². The van der Waals surface area contributed by atoms with E-state index >= 15 is 0 Å². The van der Waals surface area contributed by atoms with Gasteiger partial charge in [-0.05, 0) is 24.6 Å². The molecule has 4 heteroatoms. The Bertz CT molecular complexity index is 355. The van der Waals surface area contributed by atoms with E-state index in [0.29, 0.717) is 5.75 Å². The maximum atomic E-state index is 11.1. The zero-order chi connectivity index (χ0) is 12.5. The van der Waals surface area contributed by atoms with Crippen LogP contribution < -0.4 is 5.32 Å². The van der Waals surface area contributed by atoms with Crippen LogP contribution in [0.5, 0.6) is 0 Å². The van der Waals surface area contributed by atoms with Crippen LogP contribution in [0, 0.1) is 0 Å². The average molecular weight is 253 g/mol. The monoisotopic (exact) mass is 253 g/mol. The molecule has 0 aromatic heterocycles. The summed E-state index contributed by atoms with van der Waals surface area (Å²) in [5.41, 5.74) is 1.23. The van der Waals surface area contributed by atoms with Crippen LogP contribution in [0.3, 0.4) is 0 Å². The van der Waals surface area contributed by atoms with Gasteiger partial charge in [0.1, 0.15) is 0 Å². The first-order valence-corrected chi connectivity index (χ1v) is 6.74. The molecule has 1 aromatic rings. The van der Waals surface area contributed by atoms with Gasteiger partial charge in [0, 0.05) is 11.4 Å². The fourth-order valence-electron chi connectivity index (χ4n) is 1.39. The first kappa shape index (κ1) is 14.1. The van der Waals surface area contributed by atoms with E-state index < -0.39 is 0 Å². The maximum absolute atomic E-state index is 11.1. The number of ether oxygens (including phenoxy) is 1. The minimum absolute atomic E-state index is 0.189. The number of nitrogens with one attached hydrogen (secondary N) is 1. The molecule has 0 aliphatic rings. The van der Waals surface area contributed by atoms with Crippen LogP contribution in [0.1, 0.15) is 18.9 Å². The van der Waals surface area contributed by atoms with Gasteiger partial charge in [-0.2, -0.15) is 0 Å². The van der Waals surface area contributed by atoms with Crippen LogP contribution in [0.25, 0.3) is 0 Å². The Morgan fingerprint density at radius 3 is 2.88 bits per heavy atom. The molecule has 0 spiro atoms. The van der Waals surface area contributed by atoms with E-state index in [9.17, 15) is 4.79 Å². The largest absolute Gasteiger partial charge is 0.468 e. The first-order chi connectivity index (χ1) is 8.27. The molecule has 94 valence electrons. The normalized spacial score (nSPS) is 10.2. The molecule has 0 aliphatic heterocycles. The summed E-state index contributed by atoms with van der Waals surface area (Å²) in [4.78, 5) is 12.2. The molecule has 0 radical (unpaired) electrons. The molecule has 0 atom stereocenters. The third kappa shape index (κ3) is 5.24. The summed E-state index contributed by atoms with van der Waals surface area (Å²) in [6, 6.07) is 8.13. The van der Waals surface area contributed by atoms with E-state index in [1.165, 1.54) is 24.4 Å². The minimum Gasteiger partial charge on any atom is -0.468 e. The molecular formula is C13H19NO2S. The molecule has 0 saturated heterocycles. The Morgan fingerprint density at radius 2 is 2.18 bits per heavy atom. The highest BCUT2D eigenvalue weighted by Crippen LogP contribution is 2.22. The van der Waals surface area contributed by atoms with Crippen molar-refractivity contribution < 1.29 is 9.53 Å². The molecule has 0 heterocycles. The Hall–Kier alpha value is -1.00. The van der Waals surface area contributed by atoms with Crippen molar-refractivity contribution in [3.63, 3.8) is 0 Å². The SMILES string of the molecule is CCCNCc1ccccc1SCC(=O)OC. The second-order valence-corrected chi connectivity index (χ2v) is 4.67. The van der Waals surface area contributed by atoms with Gasteiger partial charge < -0.3 is 10.1 Å². The lowest BCUT2D eigenvalue weighted by molar-refractivity contribution is -0.137. The van der Waals surface area contributed by atoms with E-state index in [0.717, 1.165) is 24.4 Å². The third-order valence-corrected chi connectivity index (χ3v) is 3.38. The van der Waals surface area contributed by atoms with Gasteiger partial charge in [-0.25, -0.2) is 0 Å². The number of carbonyl (C=O) groups excluding carboxylic acids is 1. The topological polar surface area (TPSA) is 38.3 Å². The standard InChI is InChI=1S/C13H19NO2S/c1-3-8-14-9-11-6-4-5-7-12(11)17-10-13(15)16-2/h4-7,14H,3,8-10H2,1-2H3. The lowest BCUT2D eigenvalue weighted by Crippen LogP contribution is -2.14. The van der Waals surface area contributed by atoms with Crippen LogP contribution in [-0.4, -0.2) is 25.4 Å². The predicted molar refractivity (Wildman–Crippen MR) is 71.2 cm³/mol. The van der Waals surface area contributed by atoms with Gasteiger partial charge >= 0.3 is 5.97 Å². The van der Waals surface area contributed by atoms with Crippen LogP contribution in [0.15, 0.2) is 29.2 Å². The van der Waals surface area contributed by atoms with Gasteiger partial charge in [-0.1, -0.05) is 25.1 Å². The first-order valence-electron chi connectivity index (χ1n) is 5.76. The van der Waals surface area contributed by atoms with Crippen molar-refractivity contribution in [2.45, 2.75) is 24.8 Å². The number of rotatable bonds is 7. The summed E-state index contributed by atoms with van der Waals surface area (Å²) in [6.45, 7) is 4.00. The molecule has 1 N–H and O–H groups in total. The number of benzene rings is 1. The van der Waals surface area contributed by atoms with Gasteiger partial charge in [0.05, 0.1) is 12.9 Å². The van der Waals surface area contributed by atoms with Gasteiger partial charge in [-0.15, -0.1) is 11.8 Å². The zero-order valence-electron chi connectivity index (χ0n) is 10.4. The van der Waals surface area contributed by atoms with Crippen LogP contribution >= 0.6 is 11.8 Å².